The van der Waals surface area contributed by atoms with E-state index in [0.29, 0.717) is 30.0 Å². The van der Waals surface area contributed by atoms with E-state index in [-0.39, 0.29) is 16.7 Å². The maximum Gasteiger partial charge on any atom is 0.359 e. The molecule has 0 aromatic heterocycles. The van der Waals surface area contributed by atoms with Gasteiger partial charge in [-0.15, -0.1) is 0 Å². The van der Waals surface area contributed by atoms with Crippen LogP contribution >= 0.6 is 0 Å². The molecule has 3 saturated carbocycles. The van der Waals surface area contributed by atoms with Crippen LogP contribution in [0.4, 0.5) is 0 Å². The molecule has 0 aromatic rings. The molecule has 6 atom stereocenters. The van der Waals surface area contributed by atoms with E-state index in [0.717, 1.165) is 44.9 Å². The molecule has 0 amide bonds. The van der Waals surface area contributed by atoms with E-state index in [1.54, 1.807) is 0 Å². The Hall–Kier alpha value is -1.12. The Kier molecular flexibility index (Phi) is 3.31. The first kappa shape index (κ1) is 15.4. The SMILES string of the molecule is C[C@]12CC[C@H]3[C@@H](CCC4=CC(=O)CC[C@@]43C)[C@@H]1CC[C@@H]2C([O])=O. The van der Waals surface area contributed by atoms with Gasteiger partial charge >= 0.3 is 5.97 Å². The quantitative estimate of drug-likeness (QED) is 0.731. The third-order valence-corrected chi connectivity index (χ3v) is 8.25. The van der Waals surface area contributed by atoms with E-state index in [4.69, 9.17) is 0 Å². The summed E-state index contributed by atoms with van der Waals surface area (Å²) in [4.78, 5) is 23.4. The van der Waals surface area contributed by atoms with Crippen molar-refractivity contribution in [1.29, 1.82) is 0 Å². The van der Waals surface area contributed by atoms with Crippen molar-refractivity contribution in [2.24, 2.45) is 34.5 Å². The highest BCUT2D eigenvalue weighted by atomic mass is 16.4. The minimum atomic E-state index is -0.834. The minimum Gasteiger partial charge on any atom is -0.295 e. The van der Waals surface area contributed by atoms with Crippen molar-refractivity contribution < 1.29 is 14.7 Å². The van der Waals surface area contributed by atoms with E-state index in [1.165, 1.54) is 5.57 Å². The largest absolute Gasteiger partial charge is 0.359 e. The van der Waals surface area contributed by atoms with Crippen molar-refractivity contribution in [2.75, 3.05) is 0 Å². The van der Waals surface area contributed by atoms with Gasteiger partial charge in [-0.25, -0.2) is 9.90 Å². The normalized spacial score (nSPS) is 49.0. The zero-order valence-corrected chi connectivity index (χ0v) is 14.3. The third kappa shape index (κ3) is 2.01. The molecule has 4 rings (SSSR count). The van der Waals surface area contributed by atoms with Crippen molar-refractivity contribution in [1.82, 2.24) is 0 Å². The zero-order chi connectivity index (χ0) is 16.4. The zero-order valence-electron chi connectivity index (χ0n) is 14.3. The molecule has 0 saturated heterocycles. The molecule has 0 aliphatic heterocycles. The number of carbonyl (C=O) groups is 2. The predicted octanol–water partition coefficient (Wildman–Crippen LogP) is 4.09. The van der Waals surface area contributed by atoms with Crippen LogP contribution in [-0.4, -0.2) is 11.8 Å². The highest BCUT2D eigenvalue weighted by molar-refractivity contribution is 5.91. The standard InChI is InChI=1S/C20H27O3/c1-19-9-7-13(21)11-12(19)3-4-14-15-5-6-17(18(22)23)20(15,2)10-8-16(14)19/h11,14-17H,3-10H2,1-2H3/t14-,15-,16-,17+,19-,20-/m0/s1. The molecule has 0 unspecified atom stereocenters. The topological polar surface area (TPSA) is 54.0 Å². The van der Waals surface area contributed by atoms with Crippen molar-refractivity contribution in [3.8, 4) is 0 Å². The maximum absolute atomic E-state index is 11.8. The van der Waals surface area contributed by atoms with Gasteiger partial charge in [0.25, 0.3) is 0 Å². The molecule has 3 heteroatoms. The van der Waals surface area contributed by atoms with Crippen LogP contribution in [0.5, 0.6) is 0 Å². The molecule has 4 aliphatic rings. The lowest BCUT2D eigenvalue weighted by atomic mass is 9.47. The van der Waals surface area contributed by atoms with Crippen LogP contribution in [0.1, 0.15) is 65.2 Å². The summed E-state index contributed by atoms with van der Waals surface area (Å²) < 4.78 is 0. The lowest BCUT2D eigenvalue weighted by Gasteiger charge is -2.57. The van der Waals surface area contributed by atoms with Crippen LogP contribution in [0.2, 0.25) is 0 Å². The summed E-state index contributed by atoms with van der Waals surface area (Å²) in [7, 11) is 0. The van der Waals surface area contributed by atoms with Crippen molar-refractivity contribution in [2.45, 2.75) is 65.2 Å². The Morgan fingerprint density at radius 3 is 2.57 bits per heavy atom. The Bertz CT molecular complexity index is 592. The van der Waals surface area contributed by atoms with Gasteiger partial charge in [0, 0.05) is 6.42 Å². The first-order valence-electron chi connectivity index (χ1n) is 9.31. The average Bonchev–Trinajstić information content (AvgIpc) is 2.85. The van der Waals surface area contributed by atoms with Gasteiger partial charge in [0.05, 0.1) is 5.92 Å². The van der Waals surface area contributed by atoms with Crippen LogP contribution in [0.3, 0.4) is 0 Å². The minimum absolute atomic E-state index is 0.0674. The molecule has 125 valence electrons. The summed E-state index contributed by atoms with van der Waals surface area (Å²) in [6.07, 6.45) is 9.75. The van der Waals surface area contributed by atoms with Crippen molar-refractivity contribution >= 4 is 11.8 Å². The molecule has 0 heterocycles. The summed E-state index contributed by atoms with van der Waals surface area (Å²) in [5.74, 6) is 1.00. The third-order valence-electron chi connectivity index (χ3n) is 8.25. The van der Waals surface area contributed by atoms with Gasteiger partial charge in [-0.1, -0.05) is 19.4 Å². The lowest BCUT2D eigenvalue weighted by molar-refractivity contribution is -0.155. The Balaban J connectivity index is 1.67. The molecule has 4 aliphatic carbocycles. The second-order valence-electron chi connectivity index (χ2n) is 8.96. The Labute approximate surface area is 138 Å². The van der Waals surface area contributed by atoms with E-state index >= 15 is 0 Å². The van der Waals surface area contributed by atoms with Gasteiger partial charge in [-0.3, -0.25) is 4.79 Å². The summed E-state index contributed by atoms with van der Waals surface area (Å²) in [6.45, 7) is 4.58. The molecule has 0 spiro atoms. The highest BCUT2D eigenvalue weighted by Crippen LogP contribution is 2.66. The lowest BCUT2D eigenvalue weighted by Crippen LogP contribution is -2.51. The van der Waals surface area contributed by atoms with Crippen LogP contribution in [-0.2, 0) is 14.7 Å². The molecule has 0 bridgehead atoms. The van der Waals surface area contributed by atoms with Gasteiger partial charge in [-0.2, -0.15) is 0 Å². The second-order valence-corrected chi connectivity index (χ2v) is 8.96. The molecule has 1 radical (unpaired) electrons. The first-order valence-corrected chi connectivity index (χ1v) is 9.31. The van der Waals surface area contributed by atoms with Gasteiger partial charge in [0.2, 0.25) is 0 Å². The highest BCUT2D eigenvalue weighted by Gasteiger charge is 2.60. The van der Waals surface area contributed by atoms with Gasteiger partial charge < -0.3 is 0 Å². The fraction of sp³-hybridized carbons (Fsp3) is 0.800. The molecule has 3 nitrogen and oxygen atoms in total. The monoisotopic (exact) mass is 315 g/mol. The number of allylic oxidation sites excluding steroid dienone is 1. The van der Waals surface area contributed by atoms with Gasteiger partial charge in [-0.05, 0) is 79.6 Å². The first-order chi connectivity index (χ1) is 10.9. The molecule has 3 fully saturated rings. The molecular weight excluding hydrogens is 288 g/mol. The van der Waals surface area contributed by atoms with Gasteiger partial charge in [0.1, 0.15) is 0 Å². The maximum atomic E-state index is 11.8. The summed E-state index contributed by atoms with van der Waals surface area (Å²) >= 11 is 0. The number of fused-ring (bicyclic) bond motifs is 5. The van der Waals surface area contributed by atoms with Crippen molar-refractivity contribution in [3.63, 3.8) is 0 Å². The number of hydrogen-bond acceptors (Lipinski definition) is 2. The van der Waals surface area contributed by atoms with E-state index < -0.39 is 5.97 Å². The van der Waals surface area contributed by atoms with Crippen LogP contribution in [0.25, 0.3) is 0 Å². The fourth-order valence-corrected chi connectivity index (χ4v) is 6.95. The van der Waals surface area contributed by atoms with E-state index in [2.05, 4.69) is 13.8 Å². The number of ketones is 1. The molecule has 23 heavy (non-hydrogen) atoms. The average molecular weight is 315 g/mol. The van der Waals surface area contributed by atoms with Gasteiger partial charge in [0.15, 0.2) is 5.78 Å². The van der Waals surface area contributed by atoms with Crippen LogP contribution in [0.15, 0.2) is 11.6 Å². The predicted molar refractivity (Wildman–Crippen MR) is 85.9 cm³/mol. The smallest absolute Gasteiger partial charge is 0.295 e. The fourth-order valence-electron chi connectivity index (χ4n) is 6.95. The van der Waals surface area contributed by atoms with Crippen LogP contribution < -0.4 is 0 Å². The summed E-state index contributed by atoms with van der Waals surface area (Å²) in [5.41, 5.74) is 1.49. The molecule has 0 N–H and O–H groups in total. The molecule has 0 aromatic carbocycles. The Morgan fingerprint density at radius 1 is 1.04 bits per heavy atom. The molecular formula is C20H27O3. The summed E-state index contributed by atoms with van der Waals surface area (Å²) in [5, 5.41) is 11.6. The number of rotatable bonds is 1. The number of carbonyl (C=O) groups excluding carboxylic acids is 2. The summed E-state index contributed by atoms with van der Waals surface area (Å²) in [6, 6.07) is 0. The van der Waals surface area contributed by atoms with Crippen molar-refractivity contribution in [3.05, 3.63) is 11.6 Å². The van der Waals surface area contributed by atoms with E-state index in [1.807, 2.05) is 6.08 Å². The Morgan fingerprint density at radius 2 is 1.83 bits per heavy atom. The number of hydrogen-bond donors (Lipinski definition) is 0. The second kappa shape index (κ2) is 4.94. The van der Waals surface area contributed by atoms with E-state index in [9.17, 15) is 14.7 Å². The van der Waals surface area contributed by atoms with Crippen LogP contribution in [0, 0.1) is 34.5 Å².